The highest BCUT2D eigenvalue weighted by Gasteiger charge is 2.22. The Kier molecular flexibility index (Phi) is 40.4. The molecule has 1 saturated heterocycles. The third-order valence-electron chi connectivity index (χ3n) is 23.4. The highest BCUT2D eigenvalue weighted by Crippen LogP contribution is 2.33. The molecule has 17 aromatic rings. The molecule has 750 valence electrons. The number of aromatic amines is 6. The number of rotatable bonds is 26. The molecule has 1 fully saturated rings. The molecule has 9 aromatic carbocycles. The van der Waals surface area contributed by atoms with E-state index in [2.05, 4.69) is 182 Å². The minimum absolute atomic E-state index is 0.136. The molecule has 150 heavy (non-hydrogen) atoms. The molecule has 0 aliphatic carbocycles. The molecule has 0 unspecified atom stereocenters. The number of pyridine rings is 2. The third-order valence-corrected chi connectivity index (χ3v) is 25.1. The number of nitrogens with zero attached hydrogens (tertiary/aromatic N) is 21. The Hall–Kier alpha value is -17.0. The number of nitrogens with one attached hydrogen (secondary N) is 6. The number of piperidine rings is 1. The van der Waals surface area contributed by atoms with Crippen LogP contribution in [-0.2, 0) is 38.5 Å². The average molecular weight is 2130 g/mol. The smallest absolute Gasteiger partial charge is 0.191 e. The van der Waals surface area contributed by atoms with Crippen molar-refractivity contribution in [3.05, 3.63) is 429 Å². The van der Waals surface area contributed by atoms with Gasteiger partial charge in [0.2, 0.25) is 0 Å². The van der Waals surface area contributed by atoms with Gasteiger partial charge in [0.15, 0.2) is 46.5 Å². The van der Waals surface area contributed by atoms with Crippen molar-refractivity contribution < 1.29 is 14.2 Å². The van der Waals surface area contributed by atoms with Crippen LogP contribution in [0.5, 0.6) is 11.5 Å². The summed E-state index contributed by atoms with van der Waals surface area (Å²) in [5.41, 5.74) is 21.7. The molecule has 8 aromatic heterocycles. The maximum absolute atomic E-state index is 13.7. The fourth-order valence-electron chi connectivity index (χ4n) is 15.4. The van der Waals surface area contributed by atoms with Gasteiger partial charge in [-0.1, -0.05) is 178 Å². The van der Waals surface area contributed by atoms with Crippen LogP contribution < -0.4 is 4.74 Å². The van der Waals surface area contributed by atoms with Gasteiger partial charge in [-0.05, 0) is 274 Å². The minimum Gasteiger partial charge on any atom is -0.507 e. The van der Waals surface area contributed by atoms with Gasteiger partial charge in [0.1, 0.15) is 80.7 Å². The second-order valence-electron chi connectivity index (χ2n) is 34.3. The van der Waals surface area contributed by atoms with E-state index in [-0.39, 0.29) is 17.3 Å². The number of likely N-dealkylation sites (tertiary alicyclic amines) is 1. The molecule has 0 saturated carbocycles. The van der Waals surface area contributed by atoms with Gasteiger partial charge in [0, 0.05) is 123 Å². The first-order valence-corrected chi connectivity index (χ1v) is 49.2. The normalized spacial score (nSPS) is 11.8. The Morgan fingerprint density at radius 1 is 0.393 bits per heavy atom. The van der Waals surface area contributed by atoms with Gasteiger partial charge in [0.05, 0.1) is 53.2 Å². The Labute approximate surface area is 900 Å². The fraction of sp³-hybridized carbons (Fsp3) is 0.168. The van der Waals surface area contributed by atoms with Crippen molar-refractivity contribution in [1.82, 2.24) is 76.1 Å². The standard InChI is InChI=1S/C21H19ClN4.C19H14ClFN4O.C19H22ClN5.C19H15ClN4O.C18H14ClN5.C17H11Cl2N5/c1-13-7-17(8-14(2)15(13)3)12-24-21-19(11-23)20(25-26-21)10-16-5-4-6-18(22)9-16;1-26-18-6-5-13(8-16(18)21)11-23-19-15(10-22)17(24-25-19)9-12-3-2-4-14(20)7-12;1-25-9-6-14(7-10-25)5-8-22-19-17(13-21)18(23-24-19)12-15-3-2-4-16(20)11-15;1-12-5-6-14(18(25)7-12)11-22-19-16(10-21)17(23-24-19)9-13-3-2-4-15(20)8-13;1-12-4-2-7-15(22-12)11-21-18-16(10-20)17(23-24-18)9-13-5-3-6-14(19)8-13;18-13-5-1-3-11(7-13)8-15-14(9-20)17(24-23-15)22-10-12-4-2-6-21-16(12)19/h4-9,12H,10H2,1-3H3,(H,25,26);2-8,11H,9H2,1H3,(H,24,25);2-4,8,11,14H,5-7,9-10,12H2,1H3,(H,23,24);2-8,11,25H,9H2,1H3,(H,23,24);2-8,11H,9H2,1H3,(H,23,24);1-7,10H,8H2,(H,23,24). The van der Waals surface area contributed by atoms with Crippen molar-refractivity contribution in [3.8, 4) is 47.9 Å². The van der Waals surface area contributed by atoms with Crippen LogP contribution in [0.3, 0.4) is 0 Å². The molecule has 0 radical (unpaired) electrons. The van der Waals surface area contributed by atoms with Crippen molar-refractivity contribution >= 4 is 153 Å². The minimum atomic E-state index is -0.486. The molecule has 0 atom stereocenters. The Morgan fingerprint density at radius 3 is 1.08 bits per heavy atom. The van der Waals surface area contributed by atoms with E-state index < -0.39 is 5.82 Å². The molecule has 0 spiro atoms. The van der Waals surface area contributed by atoms with Gasteiger partial charge < -0.3 is 14.7 Å². The lowest BCUT2D eigenvalue weighted by atomic mass is 9.94. The second-order valence-corrected chi connectivity index (χ2v) is 37.3. The second kappa shape index (κ2) is 55.0. The first kappa shape index (κ1) is 110. The molecule has 18 rings (SSSR count). The van der Waals surface area contributed by atoms with Crippen molar-refractivity contribution in [3.63, 3.8) is 0 Å². The van der Waals surface area contributed by atoms with Crippen LogP contribution >= 0.6 is 81.2 Å². The molecule has 29 nitrogen and oxygen atoms in total. The molecule has 9 heterocycles. The van der Waals surface area contributed by atoms with E-state index in [1.165, 1.54) is 67.4 Å². The van der Waals surface area contributed by atoms with Crippen LogP contribution in [0.1, 0.15) is 176 Å². The number of aromatic hydroxyl groups is 1. The first-order chi connectivity index (χ1) is 72.6. The van der Waals surface area contributed by atoms with Crippen LogP contribution in [0, 0.1) is 114 Å². The van der Waals surface area contributed by atoms with Crippen molar-refractivity contribution in [2.75, 3.05) is 27.2 Å². The molecule has 1 aliphatic heterocycles. The van der Waals surface area contributed by atoms with Crippen LogP contribution in [-0.4, -0.2) is 146 Å². The number of halogens is 8. The summed E-state index contributed by atoms with van der Waals surface area (Å²) in [6.45, 7) is 12.4. The van der Waals surface area contributed by atoms with Crippen LogP contribution in [0.15, 0.2) is 261 Å². The number of benzene rings is 9. The van der Waals surface area contributed by atoms with E-state index in [1.807, 2.05) is 172 Å². The SMILES string of the molecule is CN1CCC(CC=Nc2n[nH]c(Cc3cccc(Cl)c3)c2C#N)CC1.COc1ccc(C=Nc2n[nH]c(Cc3cccc(Cl)c3)c2C#N)cc1F.Cc1cc(C=Nc2n[nH]c(Cc3cccc(Cl)c3)c2C#N)cc(C)c1C.Cc1ccc(C=Nc2n[nH]c(Cc3cccc(Cl)c3)c2C#N)c(O)c1.Cc1cccc(C=Nc2n[nH]c(Cc3cccc(Cl)c3)c2C#N)n1.N#Cc1c(N=Cc2cccnc2Cl)n[nH]c1Cc1cccc(Cl)c1. The number of H-pyrrole nitrogens is 6. The number of phenols is 1. The number of methoxy groups -OCH3 is 1. The zero-order chi connectivity index (χ0) is 107. The lowest BCUT2D eigenvalue weighted by Crippen LogP contribution is -2.30. The molecule has 37 heteroatoms. The number of aromatic nitrogens is 14. The Balaban J connectivity index is 0.000000150. The molecule has 7 N–H and O–H groups in total. The monoisotopic (exact) mass is 2130 g/mol. The van der Waals surface area contributed by atoms with E-state index in [9.17, 15) is 41.1 Å². The number of hydrogen-bond acceptors (Lipinski definition) is 23. The molecule has 0 bridgehead atoms. The van der Waals surface area contributed by atoms with Gasteiger partial charge in [0.25, 0.3) is 0 Å². The fourth-order valence-corrected chi connectivity index (χ4v) is 16.8. The van der Waals surface area contributed by atoms with Crippen molar-refractivity contribution in [2.45, 2.75) is 92.4 Å². The molecular weight excluding hydrogens is 2030 g/mol. The topological polar surface area (TPSA) is 447 Å². The van der Waals surface area contributed by atoms with Gasteiger partial charge in [-0.15, -0.1) is 0 Å². The predicted octanol–water partition coefficient (Wildman–Crippen LogP) is 26.2. The van der Waals surface area contributed by atoms with Gasteiger partial charge in [-0.3, -0.25) is 35.6 Å². The summed E-state index contributed by atoms with van der Waals surface area (Å²) in [6, 6.07) is 81.1. The summed E-state index contributed by atoms with van der Waals surface area (Å²) < 4.78 is 18.6. The number of aryl methyl sites for hydroxylation is 4. The van der Waals surface area contributed by atoms with E-state index >= 15 is 0 Å². The number of ether oxygens (including phenoxy) is 1. The summed E-state index contributed by atoms with van der Waals surface area (Å²) in [6.07, 6.45) is 17.8. The van der Waals surface area contributed by atoms with Crippen LogP contribution in [0.25, 0.3) is 0 Å². The quantitative estimate of drug-likeness (QED) is 0.0196. The van der Waals surface area contributed by atoms with E-state index in [0.29, 0.717) is 182 Å². The molecular formula is C113H95Cl7FN27O2. The van der Waals surface area contributed by atoms with Crippen LogP contribution in [0.4, 0.5) is 39.3 Å². The van der Waals surface area contributed by atoms with Crippen molar-refractivity contribution in [1.29, 1.82) is 31.6 Å². The zero-order valence-corrected chi connectivity index (χ0v) is 87.3. The summed E-state index contributed by atoms with van der Waals surface area (Å²) in [7, 11) is 3.56. The number of hydrogen-bond donors (Lipinski definition) is 7. The maximum Gasteiger partial charge on any atom is 0.191 e. The zero-order valence-electron chi connectivity index (χ0n) is 82.0. The largest absolute Gasteiger partial charge is 0.507 e. The number of nitriles is 6. The highest BCUT2D eigenvalue weighted by atomic mass is 35.5. The maximum atomic E-state index is 13.7. The Bertz CT molecular complexity index is 8070. The van der Waals surface area contributed by atoms with Crippen LogP contribution in [0.2, 0.25) is 35.3 Å². The van der Waals surface area contributed by atoms with Gasteiger partial charge in [-0.25, -0.2) is 39.3 Å². The van der Waals surface area contributed by atoms with E-state index in [4.69, 9.17) is 85.9 Å². The molecule has 1 aliphatic rings. The lowest BCUT2D eigenvalue weighted by Gasteiger charge is -2.27. The van der Waals surface area contributed by atoms with E-state index in [0.717, 1.165) is 86.8 Å². The third kappa shape index (κ3) is 32.0. The van der Waals surface area contributed by atoms with Crippen molar-refractivity contribution in [2.24, 2.45) is 35.9 Å². The summed E-state index contributed by atoms with van der Waals surface area (Å²) in [5, 5.41) is 113. The lowest BCUT2D eigenvalue weighted by molar-refractivity contribution is 0.224. The number of aliphatic imine (C=N–C) groups is 6. The van der Waals surface area contributed by atoms with Gasteiger partial charge in [-0.2, -0.15) is 62.2 Å². The molecule has 0 amide bonds. The average Bonchev–Trinajstić information content (AvgIpc) is 1.71. The first-order valence-electron chi connectivity index (χ1n) is 46.6. The predicted molar refractivity (Wildman–Crippen MR) is 589 cm³/mol. The summed E-state index contributed by atoms with van der Waals surface area (Å²) >= 11 is 42.0. The Morgan fingerprint density at radius 2 is 0.740 bits per heavy atom. The summed E-state index contributed by atoms with van der Waals surface area (Å²) in [5.74, 6) is 2.58. The summed E-state index contributed by atoms with van der Waals surface area (Å²) in [4.78, 5) is 36.5. The van der Waals surface area contributed by atoms with E-state index in [1.54, 1.807) is 67.2 Å². The number of phenolic OH excluding ortho intramolecular Hbond substituents is 1. The highest BCUT2D eigenvalue weighted by molar-refractivity contribution is 6.33. The van der Waals surface area contributed by atoms with Gasteiger partial charge >= 0.3 is 0 Å².